The number of aliphatic hydroxyl groups is 1. The predicted octanol–water partition coefficient (Wildman–Crippen LogP) is 5.55. The summed E-state index contributed by atoms with van der Waals surface area (Å²) in [6.45, 7) is 1.52. The number of ketones is 1. The van der Waals surface area contributed by atoms with E-state index in [4.69, 9.17) is 16.6 Å². The SMILES string of the molecule is CN(C)CCC(=O)Nc1ccc2c(=O)n(CC3(O)CCN(C(=O)CCCCCC(=O)c4ccc5c(Cl)c6c(nc5c4)CCCC6)CC3)cnc2c1. The fraction of sp³-hybridized carbons (Fsp3) is 0.487. The number of likely N-dealkylation sites (tertiary alicyclic amines) is 1. The summed E-state index contributed by atoms with van der Waals surface area (Å²) in [6.07, 6.45) is 9.56. The van der Waals surface area contributed by atoms with Gasteiger partial charge in [0.2, 0.25) is 11.8 Å². The molecule has 0 atom stereocenters. The number of aromatic nitrogens is 3. The first-order valence-corrected chi connectivity index (χ1v) is 18.5. The number of carbonyl (C=O) groups is 3. The Morgan fingerprint density at radius 2 is 1.69 bits per heavy atom. The van der Waals surface area contributed by atoms with Crippen LogP contribution in [0.2, 0.25) is 5.02 Å². The summed E-state index contributed by atoms with van der Waals surface area (Å²) in [5, 5.41) is 16.3. The Bertz CT molecular complexity index is 2000. The lowest BCUT2D eigenvalue weighted by molar-refractivity contribution is -0.136. The number of hydrogen-bond acceptors (Lipinski definition) is 8. The van der Waals surface area contributed by atoms with Gasteiger partial charge in [-0.3, -0.25) is 28.7 Å². The monoisotopic (exact) mass is 714 g/mol. The molecule has 3 heterocycles. The fourth-order valence-electron chi connectivity index (χ4n) is 7.13. The molecule has 2 aromatic carbocycles. The van der Waals surface area contributed by atoms with Gasteiger partial charge in [-0.2, -0.15) is 0 Å². The zero-order valence-corrected chi connectivity index (χ0v) is 30.3. The molecule has 0 bridgehead atoms. The van der Waals surface area contributed by atoms with Crippen molar-refractivity contribution in [1.82, 2.24) is 24.3 Å². The van der Waals surface area contributed by atoms with Crippen LogP contribution in [-0.2, 0) is 29.0 Å². The summed E-state index contributed by atoms with van der Waals surface area (Å²) in [5.74, 6) is -0.00713. The van der Waals surface area contributed by atoms with Gasteiger partial charge in [-0.1, -0.05) is 30.2 Å². The predicted molar refractivity (Wildman–Crippen MR) is 199 cm³/mol. The molecule has 1 aliphatic heterocycles. The molecule has 12 heteroatoms. The van der Waals surface area contributed by atoms with Crippen molar-refractivity contribution in [2.75, 3.05) is 39.0 Å². The average molecular weight is 715 g/mol. The second kappa shape index (κ2) is 16.0. The van der Waals surface area contributed by atoms with Crippen molar-refractivity contribution in [3.8, 4) is 0 Å². The van der Waals surface area contributed by atoms with Gasteiger partial charge in [0, 0.05) is 61.2 Å². The molecule has 1 fully saturated rings. The van der Waals surface area contributed by atoms with E-state index in [1.54, 1.807) is 23.1 Å². The number of nitrogens with one attached hydrogen (secondary N) is 1. The van der Waals surface area contributed by atoms with Gasteiger partial charge in [0.05, 0.1) is 39.9 Å². The number of aryl methyl sites for hydroxylation is 1. The highest BCUT2D eigenvalue weighted by atomic mass is 35.5. The summed E-state index contributed by atoms with van der Waals surface area (Å²) in [6, 6.07) is 10.6. The number of carbonyl (C=O) groups excluding carboxylic acids is 3. The molecule has 1 aliphatic carbocycles. The van der Waals surface area contributed by atoms with E-state index < -0.39 is 5.60 Å². The van der Waals surface area contributed by atoms with Crippen molar-refractivity contribution in [3.05, 3.63) is 74.9 Å². The molecule has 11 nitrogen and oxygen atoms in total. The van der Waals surface area contributed by atoms with Gasteiger partial charge in [0.25, 0.3) is 5.56 Å². The minimum atomic E-state index is -1.14. The molecule has 0 unspecified atom stereocenters. The van der Waals surface area contributed by atoms with Gasteiger partial charge in [-0.15, -0.1) is 0 Å². The Kier molecular flexibility index (Phi) is 11.5. The molecule has 0 radical (unpaired) electrons. The van der Waals surface area contributed by atoms with Gasteiger partial charge in [-0.05, 0) is 95.3 Å². The first-order valence-electron chi connectivity index (χ1n) is 18.1. The number of rotatable bonds is 13. The van der Waals surface area contributed by atoms with E-state index in [1.165, 1.54) is 10.9 Å². The van der Waals surface area contributed by atoms with E-state index in [0.29, 0.717) is 86.7 Å². The van der Waals surface area contributed by atoms with Crippen LogP contribution >= 0.6 is 11.6 Å². The molecule has 2 aliphatic rings. The normalized spacial score (nSPS) is 15.7. The van der Waals surface area contributed by atoms with E-state index in [9.17, 15) is 24.3 Å². The topological polar surface area (TPSA) is 138 Å². The Hall–Kier alpha value is -4.19. The van der Waals surface area contributed by atoms with E-state index in [2.05, 4.69) is 10.3 Å². The van der Waals surface area contributed by atoms with E-state index in [1.807, 2.05) is 37.2 Å². The lowest BCUT2D eigenvalue weighted by Gasteiger charge is -2.38. The van der Waals surface area contributed by atoms with E-state index in [0.717, 1.165) is 59.3 Å². The maximum Gasteiger partial charge on any atom is 0.261 e. The fourth-order valence-corrected chi connectivity index (χ4v) is 7.49. The van der Waals surface area contributed by atoms with E-state index >= 15 is 0 Å². The third kappa shape index (κ3) is 8.83. The summed E-state index contributed by atoms with van der Waals surface area (Å²) >= 11 is 6.70. The standard InChI is InChI=1S/C39H47ClN6O5/c1-44(2)19-16-35(48)42-27-13-15-30-32(23-27)41-25-46(38(30)50)24-39(51)17-20-45(21-18-39)36(49)11-5-3-4-10-34(47)26-12-14-29-33(22-26)43-31-9-7-6-8-28(31)37(29)40/h12-15,22-23,25,51H,3-11,16-21,24H2,1-2H3,(H,42,48). The first-order chi connectivity index (χ1) is 24.5. The maximum absolute atomic E-state index is 13.3. The number of halogens is 1. The van der Waals surface area contributed by atoms with Crippen molar-refractivity contribution < 1.29 is 19.5 Å². The molecule has 2 aromatic heterocycles. The minimum Gasteiger partial charge on any atom is -0.388 e. The van der Waals surface area contributed by atoms with Crippen LogP contribution < -0.4 is 10.9 Å². The highest BCUT2D eigenvalue weighted by molar-refractivity contribution is 6.36. The van der Waals surface area contributed by atoms with Crippen molar-refractivity contribution in [1.29, 1.82) is 0 Å². The second-order valence-electron chi connectivity index (χ2n) is 14.4. The van der Waals surface area contributed by atoms with Crippen LogP contribution in [0.4, 0.5) is 5.69 Å². The van der Waals surface area contributed by atoms with Gasteiger partial charge in [-0.25, -0.2) is 4.98 Å². The van der Waals surface area contributed by atoms with Gasteiger partial charge in [0.1, 0.15) is 0 Å². The number of pyridine rings is 1. The Labute approximate surface area is 303 Å². The Morgan fingerprint density at radius 1 is 0.941 bits per heavy atom. The van der Waals surface area contributed by atoms with Gasteiger partial charge >= 0.3 is 0 Å². The molecular formula is C39H47ClN6O5. The number of unbranched alkanes of at least 4 members (excludes halogenated alkanes) is 2. The summed E-state index contributed by atoms with van der Waals surface area (Å²) in [7, 11) is 3.81. The number of anilines is 1. The number of Topliss-reactive ketones (excluding diaryl/α,β-unsaturated/α-hetero) is 1. The summed E-state index contributed by atoms with van der Waals surface area (Å²) < 4.78 is 1.42. The van der Waals surface area contributed by atoms with Crippen molar-refractivity contribution in [2.45, 2.75) is 89.2 Å². The Morgan fingerprint density at radius 3 is 2.47 bits per heavy atom. The third-order valence-corrected chi connectivity index (χ3v) is 10.6. The number of nitrogens with zero attached hydrogens (tertiary/aromatic N) is 5. The number of hydrogen-bond donors (Lipinski definition) is 2. The van der Waals surface area contributed by atoms with Crippen LogP contribution in [0, 0.1) is 0 Å². The lowest BCUT2D eigenvalue weighted by atomic mass is 9.91. The highest BCUT2D eigenvalue weighted by Crippen LogP contribution is 2.33. The smallest absolute Gasteiger partial charge is 0.261 e. The lowest BCUT2D eigenvalue weighted by Crippen LogP contribution is -2.49. The molecule has 4 aromatic rings. The van der Waals surface area contributed by atoms with Crippen molar-refractivity contribution >= 4 is 56.7 Å². The molecule has 1 saturated heterocycles. The van der Waals surface area contributed by atoms with Gasteiger partial charge in [0.15, 0.2) is 5.78 Å². The molecular weight excluding hydrogens is 668 g/mol. The summed E-state index contributed by atoms with van der Waals surface area (Å²) in [4.78, 5) is 64.4. The van der Waals surface area contributed by atoms with Crippen molar-refractivity contribution in [2.24, 2.45) is 0 Å². The summed E-state index contributed by atoms with van der Waals surface area (Å²) in [5.41, 5.74) is 3.26. The van der Waals surface area contributed by atoms with Crippen LogP contribution in [0.25, 0.3) is 21.8 Å². The maximum atomic E-state index is 13.3. The zero-order chi connectivity index (χ0) is 36.1. The molecule has 2 amide bonds. The van der Waals surface area contributed by atoms with Crippen molar-refractivity contribution in [3.63, 3.8) is 0 Å². The second-order valence-corrected chi connectivity index (χ2v) is 14.8. The zero-order valence-electron chi connectivity index (χ0n) is 29.5. The minimum absolute atomic E-state index is 0.0401. The molecule has 51 heavy (non-hydrogen) atoms. The molecule has 2 N–H and O–H groups in total. The number of amides is 2. The van der Waals surface area contributed by atoms with Crippen LogP contribution in [0.5, 0.6) is 0 Å². The third-order valence-electron chi connectivity index (χ3n) is 10.2. The highest BCUT2D eigenvalue weighted by Gasteiger charge is 2.34. The molecule has 270 valence electrons. The van der Waals surface area contributed by atoms with Crippen LogP contribution in [0.15, 0.2) is 47.5 Å². The largest absolute Gasteiger partial charge is 0.388 e. The van der Waals surface area contributed by atoms with Gasteiger partial charge < -0.3 is 20.2 Å². The number of piperidine rings is 1. The van der Waals surface area contributed by atoms with Crippen LogP contribution in [0.3, 0.4) is 0 Å². The molecule has 0 saturated carbocycles. The molecule has 6 rings (SSSR count). The van der Waals surface area contributed by atoms with Crippen LogP contribution in [0.1, 0.15) is 85.8 Å². The number of fused-ring (bicyclic) bond motifs is 3. The van der Waals surface area contributed by atoms with E-state index in [-0.39, 0.29) is 29.7 Å². The quantitative estimate of drug-likeness (QED) is 0.136. The first kappa shape index (κ1) is 36.6. The molecule has 0 spiro atoms. The Balaban J connectivity index is 0.937. The number of benzene rings is 2. The average Bonchev–Trinajstić information content (AvgIpc) is 3.12. The van der Waals surface area contributed by atoms with Crippen LogP contribution in [-0.4, -0.2) is 86.4 Å².